The first-order valence-corrected chi connectivity index (χ1v) is 7.12. The van der Waals surface area contributed by atoms with Gasteiger partial charge in [0.2, 0.25) is 5.91 Å². The molecule has 0 radical (unpaired) electrons. The summed E-state index contributed by atoms with van der Waals surface area (Å²) in [5.74, 6) is -4.92. The Kier molecular flexibility index (Phi) is 5.08. The fourth-order valence-corrected chi connectivity index (χ4v) is 2.76. The van der Waals surface area contributed by atoms with E-state index in [1.54, 1.807) is 0 Å². The summed E-state index contributed by atoms with van der Waals surface area (Å²) in [6, 6.07) is 0.385. The van der Waals surface area contributed by atoms with Gasteiger partial charge in [0.25, 0.3) is 0 Å². The van der Waals surface area contributed by atoms with Crippen molar-refractivity contribution < 1.29 is 28.2 Å². The van der Waals surface area contributed by atoms with Gasteiger partial charge in [-0.3, -0.25) is 4.79 Å². The Morgan fingerprint density at radius 3 is 2.27 bits per heavy atom. The standard InChI is InChI=1S/C15H18F3NO3/c16-10-5-9(6-11(17)14(10)18)12(8-20)19-13(21)7-15(22)3-1-2-4-15/h5-6,12,20,22H,1-4,7-8H2,(H,19,21). The van der Waals surface area contributed by atoms with Crippen molar-refractivity contribution in [3.8, 4) is 0 Å². The topological polar surface area (TPSA) is 69.6 Å². The third-order valence-corrected chi connectivity index (χ3v) is 3.95. The van der Waals surface area contributed by atoms with Gasteiger partial charge in [0.1, 0.15) is 0 Å². The summed E-state index contributed by atoms with van der Waals surface area (Å²) < 4.78 is 39.4. The van der Waals surface area contributed by atoms with E-state index in [1.165, 1.54) is 0 Å². The average Bonchev–Trinajstić information content (AvgIpc) is 2.87. The number of benzene rings is 1. The molecule has 0 saturated heterocycles. The van der Waals surface area contributed by atoms with Crippen LogP contribution in [0.25, 0.3) is 0 Å². The highest BCUT2D eigenvalue weighted by Gasteiger charge is 2.34. The molecular weight excluding hydrogens is 299 g/mol. The monoisotopic (exact) mass is 317 g/mol. The Morgan fingerprint density at radius 2 is 1.77 bits per heavy atom. The highest BCUT2D eigenvalue weighted by atomic mass is 19.2. The summed E-state index contributed by atoms with van der Waals surface area (Å²) in [4.78, 5) is 11.9. The fraction of sp³-hybridized carbons (Fsp3) is 0.533. The molecule has 1 atom stereocenters. The van der Waals surface area contributed by atoms with Gasteiger partial charge in [0.05, 0.1) is 24.7 Å². The minimum Gasteiger partial charge on any atom is -0.394 e. The maximum atomic E-state index is 13.2. The first-order valence-electron chi connectivity index (χ1n) is 7.12. The molecule has 0 heterocycles. The molecular formula is C15H18F3NO3. The number of hydrogen-bond donors (Lipinski definition) is 3. The van der Waals surface area contributed by atoms with Crippen molar-refractivity contribution >= 4 is 5.91 Å². The van der Waals surface area contributed by atoms with Crippen LogP contribution in [-0.2, 0) is 4.79 Å². The number of hydrogen-bond acceptors (Lipinski definition) is 3. The number of aliphatic hydroxyl groups excluding tert-OH is 1. The first-order chi connectivity index (χ1) is 10.3. The number of carbonyl (C=O) groups excluding carboxylic acids is 1. The van der Waals surface area contributed by atoms with E-state index in [2.05, 4.69) is 5.32 Å². The zero-order valence-corrected chi connectivity index (χ0v) is 11.9. The molecule has 0 aliphatic heterocycles. The van der Waals surface area contributed by atoms with Gasteiger partial charge >= 0.3 is 0 Å². The second-order valence-electron chi connectivity index (χ2n) is 5.71. The van der Waals surface area contributed by atoms with Gasteiger partial charge in [-0.25, -0.2) is 13.2 Å². The Hall–Kier alpha value is -1.60. The lowest BCUT2D eigenvalue weighted by Crippen LogP contribution is -2.37. The summed E-state index contributed by atoms with van der Waals surface area (Å²) in [6.45, 7) is -0.602. The van der Waals surface area contributed by atoms with Crippen molar-refractivity contribution in [2.45, 2.75) is 43.7 Å². The van der Waals surface area contributed by atoms with Crippen molar-refractivity contribution in [1.29, 1.82) is 0 Å². The molecule has 2 rings (SSSR count). The summed E-state index contributed by atoms with van der Waals surface area (Å²) in [6.07, 6.45) is 2.56. The predicted octanol–water partition coefficient (Wildman–Crippen LogP) is 1.95. The van der Waals surface area contributed by atoms with Crippen LogP contribution in [0, 0.1) is 17.5 Å². The molecule has 1 fully saturated rings. The highest BCUT2D eigenvalue weighted by Crippen LogP contribution is 2.32. The summed E-state index contributed by atoms with van der Waals surface area (Å²) in [7, 11) is 0. The molecule has 7 heteroatoms. The second kappa shape index (κ2) is 6.66. The van der Waals surface area contributed by atoms with Crippen molar-refractivity contribution in [3.05, 3.63) is 35.1 Å². The van der Waals surface area contributed by atoms with E-state index in [0.29, 0.717) is 12.8 Å². The number of amides is 1. The van der Waals surface area contributed by atoms with Gasteiger partial charge in [-0.05, 0) is 30.5 Å². The lowest BCUT2D eigenvalue weighted by Gasteiger charge is -2.23. The Morgan fingerprint density at radius 1 is 1.23 bits per heavy atom. The molecule has 1 amide bonds. The molecule has 1 saturated carbocycles. The van der Waals surface area contributed by atoms with Crippen molar-refractivity contribution in [2.24, 2.45) is 0 Å². The summed E-state index contributed by atoms with van der Waals surface area (Å²) in [5, 5.41) is 21.8. The van der Waals surface area contributed by atoms with Crippen LogP contribution in [0.15, 0.2) is 12.1 Å². The molecule has 4 nitrogen and oxygen atoms in total. The Bertz CT molecular complexity index is 536. The molecule has 22 heavy (non-hydrogen) atoms. The smallest absolute Gasteiger partial charge is 0.223 e. The molecule has 1 unspecified atom stereocenters. The van der Waals surface area contributed by atoms with Crippen LogP contribution in [0.1, 0.15) is 43.7 Å². The number of nitrogens with one attached hydrogen (secondary N) is 1. The van der Waals surface area contributed by atoms with Crippen molar-refractivity contribution in [2.75, 3.05) is 6.61 Å². The van der Waals surface area contributed by atoms with E-state index >= 15 is 0 Å². The lowest BCUT2D eigenvalue weighted by molar-refractivity contribution is -0.127. The summed E-state index contributed by atoms with van der Waals surface area (Å²) in [5.41, 5.74) is -1.14. The van der Waals surface area contributed by atoms with Crippen LogP contribution in [0.3, 0.4) is 0 Å². The van der Waals surface area contributed by atoms with Crippen LogP contribution in [-0.4, -0.2) is 28.3 Å². The van der Waals surface area contributed by atoms with Crippen LogP contribution in [0.5, 0.6) is 0 Å². The molecule has 1 aromatic carbocycles. The van der Waals surface area contributed by atoms with Crippen molar-refractivity contribution in [3.63, 3.8) is 0 Å². The molecule has 3 N–H and O–H groups in total. The number of rotatable bonds is 5. The Labute approximate surface area is 126 Å². The molecule has 0 bridgehead atoms. The second-order valence-corrected chi connectivity index (χ2v) is 5.71. The number of aliphatic hydroxyl groups is 2. The molecule has 0 aromatic heterocycles. The Balaban J connectivity index is 2.07. The van der Waals surface area contributed by atoms with Gasteiger partial charge in [0.15, 0.2) is 17.5 Å². The zero-order valence-electron chi connectivity index (χ0n) is 11.9. The fourth-order valence-electron chi connectivity index (χ4n) is 2.76. The van der Waals surface area contributed by atoms with Gasteiger partial charge in [0, 0.05) is 0 Å². The van der Waals surface area contributed by atoms with E-state index in [0.717, 1.165) is 25.0 Å². The quantitative estimate of drug-likeness (QED) is 0.727. The molecule has 1 aliphatic rings. The van der Waals surface area contributed by atoms with E-state index < -0.39 is 41.6 Å². The van der Waals surface area contributed by atoms with Gasteiger partial charge in [-0.2, -0.15) is 0 Å². The predicted molar refractivity (Wildman–Crippen MR) is 72.3 cm³/mol. The van der Waals surface area contributed by atoms with E-state index in [-0.39, 0.29) is 12.0 Å². The zero-order chi connectivity index (χ0) is 16.3. The molecule has 1 aliphatic carbocycles. The summed E-state index contributed by atoms with van der Waals surface area (Å²) >= 11 is 0. The number of carbonyl (C=O) groups is 1. The maximum absolute atomic E-state index is 13.2. The number of halogens is 3. The van der Waals surface area contributed by atoms with Crippen LogP contribution in [0.4, 0.5) is 13.2 Å². The van der Waals surface area contributed by atoms with E-state index in [9.17, 15) is 28.2 Å². The maximum Gasteiger partial charge on any atom is 0.223 e. The SMILES string of the molecule is O=C(CC1(O)CCCC1)NC(CO)c1cc(F)c(F)c(F)c1. The molecule has 1 aromatic rings. The highest BCUT2D eigenvalue weighted by molar-refractivity contribution is 5.77. The largest absolute Gasteiger partial charge is 0.394 e. The van der Waals surface area contributed by atoms with Gasteiger partial charge in [-0.1, -0.05) is 12.8 Å². The minimum atomic E-state index is -1.60. The van der Waals surface area contributed by atoms with E-state index in [1.807, 2.05) is 0 Å². The normalized spacial score (nSPS) is 18.2. The van der Waals surface area contributed by atoms with Gasteiger partial charge in [-0.15, -0.1) is 0 Å². The third kappa shape index (κ3) is 3.78. The first kappa shape index (κ1) is 16.8. The third-order valence-electron chi connectivity index (χ3n) is 3.95. The average molecular weight is 317 g/mol. The van der Waals surface area contributed by atoms with Gasteiger partial charge < -0.3 is 15.5 Å². The van der Waals surface area contributed by atoms with E-state index in [4.69, 9.17) is 0 Å². The van der Waals surface area contributed by atoms with Crippen LogP contribution >= 0.6 is 0 Å². The van der Waals surface area contributed by atoms with Crippen molar-refractivity contribution in [1.82, 2.24) is 5.32 Å². The minimum absolute atomic E-state index is 0.0781. The lowest BCUT2D eigenvalue weighted by atomic mass is 9.97. The molecule has 0 spiro atoms. The molecule has 122 valence electrons. The van der Waals surface area contributed by atoms with Crippen LogP contribution < -0.4 is 5.32 Å². The van der Waals surface area contributed by atoms with Crippen LogP contribution in [0.2, 0.25) is 0 Å².